The predicted octanol–water partition coefficient (Wildman–Crippen LogP) is 2.66. The van der Waals surface area contributed by atoms with Crippen LogP contribution in [0.1, 0.15) is 46.0 Å². The van der Waals surface area contributed by atoms with Crippen molar-refractivity contribution < 1.29 is 4.74 Å². The second-order valence-electron chi connectivity index (χ2n) is 6.42. The summed E-state index contributed by atoms with van der Waals surface area (Å²) in [5.74, 6) is 0. The third-order valence-electron chi connectivity index (χ3n) is 3.85. The molecule has 2 atom stereocenters. The molecule has 4 nitrogen and oxygen atoms in total. The van der Waals surface area contributed by atoms with Gasteiger partial charge in [0.2, 0.25) is 0 Å². The zero-order valence-electron chi connectivity index (χ0n) is 14.2. The second kappa shape index (κ2) is 7.23. The number of hydrogen-bond donors (Lipinski definition) is 1. The van der Waals surface area contributed by atoms with Gasteiger partial charge in [-0.15, -0.1) is 0 Å². The van der Waals surface area contributed by atoms with E-state index in [2.05, 4.69) is 55.8 Å². The quantitative estimate of drug-likeness (QED) is 0.835. The van der Waals surface area contributed by atoms with Gasteiger partial charge in [-0.3, -0.25) is 4.68 Å². The Kier molecular flexibility index (Phi) is 6.21. The van der Waals surface area contributed by atoms with Crippen molar-refractivity contribution in [1.82, 2.24) is 15.1 Å². The van der Waals surface area contributed by atoms with Crippen LogP contribution in [0.4, 0.5) is 0 Å². The standard InChI is InChI=1S/C16H31N3O/c1-8-12-10-13(19(9-2)18-12)11-14(17-6)15(20-7)16(3,4)5/h10,14-15,17H,8-9,11H2,1-7H3. The molecule has 4 heteroatoms. The smallest absolute Gasteiger partial charge is 0.0776 e. The average Bonchev–Trinajstić information content (AvgIpc) is 2.79. The molecule has 1 aromatic rings. The summed E-state index contributed by atoms with van der Waals surface area (Å²) >= 11 is 0. The molecule has 0 aliphatic rings. The Bertz CT molecular complexity index is 406. The highest BCUT2D eigenvalue weighted by Crippen LogP contribution is 2.26. The molecule has 0 radical (unpaired) electrons. The van der Waals surface area contributed by atoms with Crippen molar-refractivity contribution in [2.75, 3.05) is 14.2 Å². The molecule has 0 saturated heterocycles. The lowest BCUT2D eigenvalue weighted by atomic mass is 9.83. The molecule has 0 saturated carbocycles. The maximum atomic E-state index is 5.75. The van der Waals surface area contributed by atoms with Gasteiger partial charge >= 0.3 is 0 Å². The molecule has 0 bridgehead atoms. The molecular weight excluding hydrogens is 250 g/mol. The molecule has 20 heavy (non-hydrogen) atoms. The van der Waals surface area contributed by atoms with E-state index >= 15 is 0 Å². The Labute approximate surface area is 123 Å². The predicted molar refractivity (Wildman–Crippen MR) is 84.1 cm³/mol. The molecule has 2 unspecified atom stereocenters. The van der Waals surface area contributed by atoms with Crippen LogP contribution in [0.2, 0.25) is 0 Å². The summed E-state index contributed by atoms with van der Waals surface area (Å²) in [4.78, 5) is 0. The van der Waals surface area contributed by atoms with Crippen LogP contribution in [-0.2, 0) is 24.1 Å². The molecule has 0 amide bonds. The van der Waals surface area contributed by atoms with E-state index in [0.717, 1.165) is 19.4 Å². The van der Waals surface area contributed by atoms with Crippen LogP contribution in [0.25, 0.3) is 0 Å². The maximum Gasteiger partial charge on any atom is 0.0776 e. The first kappa shape index (κ1) is 17.2. The molecule has 0 fully saturated rings. The molecular formula is C16H31N3O. The van der Waals surface area contributed by atoms with Crippen LogP contribution in [0.5, 0.6) is 0 Å². The summed E-state index contributed by atoms with van der Waals surface area (Å²) in [7, 11) is 3.81. The van der Waals surface area contributed by atoms with Crippen molar-refractivity contribution in [1.29, 1.82) is 0 Å². The van der Waals surface area contributed by atoms with E-state index < -0.39 is 0 Å². The van der Waals surface area contributed by atoms with Gasteiger partial charge in [-0.05, 0) is 31.9 Å². The Balaban J connectivity index is 2.95. The van der Waals surface area contributed by atoms with Gasteiger partial charge in [0.05, 0.1) is 11.8 Å². The Morgan fingerprint density at radius 1 is 1.35 bits per heavy atom. The van der Waals surface area contributed by atoms with Crippen molar-refractivity contribution in [2.45, 2.75) is 66.2 Å². The minimum Gasteiger partial charge on any atom is -0.379 e. The summed E-state index contributed by atoms with van der Waals surface area (Å²) in [6, 6.07) is 2.51. The van der Waals surface area contributed by atoms with E-state index in [4.69, 9.17) is 4.74 Å². The lowest BCUT2D eigenvalue weighted by Crippen LogP contribution is -2.48. The summed E-state index contributed by atoms with van der Waals surface area (Å²) in [5.41, 5.74) is 2.56. The number of aryl methyl sites for hydroxylation is 2. The number of ether oxygens (including phenoxy) is 1. The number of likely N-dealkylation sites (N-methyl/N-ethyl adjacent to an activating group) is 1. The fraction of sp³-hybridized carbons (Fsp3) is 0.812. The van der Waals surface area contributed by atoms with E-state index in [1.54, 1.807) is 7.11 Å². The summed E-state index contributed by atoms with van der Waals surface area (Å²) in [5, 5.41) is 8.05. The topological polar surface area (TPSA) is 39.1 Å². The van der Waals surface area contributed by atoms with E-state index in [1.807, 2.05) is 7.05 Å². The first-order chi connectivity index (χ1) is 9.37. The van der Waals surface area contributed by atoms with Gasteiger partial charge in [-0.2, -0.15) is 5.10 Å². The van der Waals surface area contributed by atoms with Crippen LogP contribution in [0, 0.1) is 5.41 Å². The molecule has 0 spiro atoms. The van der Waals surface area contributed by atoms with Crippen molar-refractivity contribution in [3.8, 4) is 0 Å². The van der Waals surface area contributed by atoms with Crippen LogP contribution < -0.4 is 5.32 Å². The molecule has 116 valence electrons. The highest BCUT2D eigenvalue weighted by molar-refractivity contribution is 5.13. The largest absolute Gasteiger partial charge is 0.379 e. The van der Waals surface area contributed by atoms with Crippen molar-refractivity contribution in [3.05, 3.63) is 17.5 Å². The van der Waals surface area contributed by atoms with Crippen LogP contribution in [0.15, 0.2) is 6.07 Å². The van der Waals surface area contributed by atoms with Gasteiger partial charge in [0.25, 0.3) is 0 Å². The molecule has 0 aliphatic carbocycles. The molecule has 1 rings (SSSR count). The number of rotatable bonds is 7. The number of aromatic nitrogens is 2. The van der Waals surface area contributed by atoms with E-state index in [-0.39, 0.29) is 17.6 Å². The zero-order valence-corrected chi connectivity index (χ0v) is 14.2. The average molecular weight is 281 g/mol. The first-order valence-corrected chi connectivity index (χ1v) is 7.62. The fourth-order valence-corrected chi connectivity index (χ4v) is 2.83. The van der Waals surface area contributed by atoms with Gasteiger partial charge in [0.1, 0.15) is 0 Å². The number of nitrogens with zero attached hydrogens (tertiary/aromatic N) is 2. The minimum absolute atomic E-state index is 0.104. The summed E-state index contributed by atoms with van der Waals surface area (Å²) in [6.45, 7) is 11.9. The Morgan fingerprint density at radius 2 is 2.00 bits per heavy atom. The lowest BCUT2D eigenvalue weighted by molar-refractivity contribution is -0.00963. The van der Waals surface area contributed by atoms with Crippen molar-refractivity contribution >= 4 is 0 Å². The molecule has 1 heterocycles. The minimum atomic E-state index is 0.104. The number of hydrogen-bond acceptors (Lipinski definition) is 3. The highest BCUT2D eigenvalue weighted by atomic mass is 16.5. The SMILES string of the molecule is CCc1cc(CC(NC)C(OC)C(C)(C)C)n(CC)n1. The highest BCUT2D eigenvalue weighted by Gasteiger charge is 2.32. The van der Waals surface area contributed by atoms with Crippen LogP contribution in [-0.4, -0.2) is 36.1 Å². The lowest BCUT2D eigenvalue weighted by Gasteiger charge is -2.36. The maximum absolute atomic E-state index is 5.75. The monoisotopic (exact) mass is 281 g/mol. The van der Waals surface area contributed by atoms with Gasteiger partial charge < -0.3 is 10.1 Å². The van der Waals surface area contributed by atoms with E-state index in [1.165, 1.54) is 11.4 Å². The third kappa shape index (κ3) is 4.06. The zero-order chi connectivity index (χ0) is 15.3. The molecule has 1 aromatic heterocycles. The van der Waals surface area contributed by atoms with Gasteiger partial charge in [-0.25, -0.2) is 0 Å². The normalized spacial score (nSPS) is 15.3. The van der Waals surface area contributed by atoms with Crippen LogP contribution in [0.3, 0.4) is 0 Å². The van der Waals surface area contributed by atoms with E-state index in [9.17, 15) is 0 Å². The first-order valence-electron chi connectivity index (χ1n) is 7.62. The third-order valence-corrected chi connectivity index (χ3v) is 3.85. The molecule has 0 aromatic carbocycles. The van der Waals surface area contributed by atoms with Gasteiger partial charge in [0, 0.05) is 31.8 Å². The fourth-order valence-electron chi connectivity index (χ4n) is 2.83. The van der Waals surface area contributed by atoms with Crippen molar-refractivity contribution in [3.63, 3.8) is 0 Å². The van der Waals surface area contributed by atoms with Crippen molar-refractivity contribution in [2.24, 2.45) is 5.41 Å². The molecule has 0 aliphatic heterocycles. The number of methoxy groups -OCH3 is 1. The summed E-state index contributed by atoms with van der Waals surface area (Å²) < 4.78 is 7.86. The Hall–Kier alpha value is -0.870. The van der Waals surface area contributed by atoms with Gasteiger partial charge in [-0.1, -0.05) is 27.7 Å². The van der Waals surface area contributed by atoms with Crippen LogP contribution >= 0.6 is 0 Å². The molecule has 1 N–H and O–H groups in total. The van der Waals surface area contributed by atoms with E-state index in [0.29, 0.717) is 0 Å². The van der Waals surface area contributed by atoms with Gasteiger partial charge in [0.15, 0.2) is 0 Å². The number of nitrogens with one attached hydrogen (secondary N) is 1. The Morgan fingerprint density at radius 3 is 2.40 bits per heavy atom. The summed E-state index contributed by atoms with van der Waals surface area (Å²) in [6.07, 6.45) is 2.09. The second-order valence-corrected chi connectivity index (χ2v) is 6.42.